The van der Waals surface area contributed by atoms with E-state index in [-0.39, 0.29) is 36.1 Å². The number of alkyl carbamates (subject to hydrolysis) is 1. The summed E-state index contributed by atoms with van der Waals surface area (Å²) in [6.07, 6.45) is -6.38. The van der Waals surface area contributed by atoms with E-state index in [4.69, 9.17) is 10.5 Å². The quantitative estimate of drug-likeness (QED) is 0.0584. The Bertz CT molecular complexity index is 2180. The number of hydrogen-bond donors (Lipinski definition) is 5. The molecule has 330 valence electrons. The van der Waals surface area contributed by atoms with Crippen LogP contribution in [0.4, 0.5) is 37.0 Å². The Hall–Kier alpha value is -5.95. The zero-order valence-corrected chi connectivity index (χ0v) is 34.7. The van der Waals surface area contributed by atoms with Crippen LogP contribution >= 0.6 is 12.4 Å². The van der Waals surface area contributed by atoms with Gasteiger partial charge in [0.2, 0.25) is 5.91 Å². The number of nitrogens with two attached hydrogens (primary N) is 1. The second-order valence-corrected chi connectivity index (χ2v) is 15.2. The summed E-state index contributed by atoms with van der Waals surface area (Å²) < 4.78 is 83.8. The molecule has 2 aromatic carbocycles. The van der Waals surface area contributed by atoms with Gasteiger partial charge in [0.15, 0.2) is 11.5 Å². The largest absolute Gasteiger partial charge is 0.444 e. The molecule has 5 rings (SSSR count). The number of nitrogens with zero attached hydrogens (tertiary/aromatic N) is 4. The fourth-order valence-electron chi connectivity index (χ4n) is 5.40. The molecule has 0 saturated heterocycles. The van der Waals surface area contributed by atoms with Gasteiger partial charge in [-0.2, -0.15) is 26.3 Å². The maximum absolute atomic E-state index is 13.2. The molecule has 0 aliphatic rings. The molecule has 20 heteroatoms. The third-order valence-electron chi connectivity index (χ3n) is 8.50. The highest BCUT2D eigenvalue weighted by atomic mass is 35.5. The van der Waals surface area contributed by atoms with Crippen molar-refractivity contribution in [2.24, 2.45) is 5.73 Å². The van der Waals surface area contributed by atoms with Gasteiger partial charge in [-0.15, -0.1) is 22.6 Å². The van der Waals surface area contributed by atoms with Crippen LogP contribution in [-0.2, 0) is 39.5 Å². The van der Waals surface area contributed by atoms with E-state index < -0.39 is 64.6 Å². The number of halogens is 7. The van der Waals surface area contributed by atoms with Crippen LogP contribution in [0.1, 0.15) is 81.6 Å². The highest BCUT2D eigenvalue weighted by Gasteiger charge is 2.33. The van der Waals surface area contributed by atoms with Crippen LogP contribution in [0.2, 0.25) is 0 Å². The van der Waals surface area contributed by atoms with Gasteiger partial charge in [-0.05, 0) is 95.7 Å². The molecule has 0 saturated carbocycles. The molecule has 0 aliphatic carbocycles. The van der Waals surface area contributed by atoms with Crippen molar-refractivity contribution in [2.75, 3.05) is 5.43 Å². The Balaban J connectivity index is 0.000000321. The van der Waals surface area contributed by atoms with Crippen molar-refractivity contribution in [1.82, 2.24) is 35.6 Å². The topological polar surface area (TPSA) is 178 Å². The summed E-state index contributed by atoms with van der Waals surface area (Å²) >= 11 is 0. The van der Waals surface area contributed by atoms with Gasteiger partial charge in [0.1, 0.15) is 17.5 Å². The molecule has 61 heavy (non-hydrogen) atoms. The number of hydrazine groups is 1. The van der Waals surface area contributed by atoms with Crippen LogP contribution in [0.3, 0.4) is 0 Å². The number of nitrogens with one attached hydrogen (secondary N) is 4. The summed E-state index contributed by atoms with van der Waals surface area (Å²) in [4.78, 5) is 40.8. The van der Waals surface area contributed by atoms with E-state index in [1.807, 2.05) is 60.7 Å². The second kappa shape index (κ2) is 21.0. The number of ether oxygens (including phenoxy) is 1. The number of amides is 3. The molecule has 3 heterocycles. The van der Waals surface area contributed by atoms with E-state index >= 15 is 0 Å². The van der Waals surface area contributed by atoms with Crippen LogP contribution in [-0.4, -0.2) is 54.7 Å². The smallest absolute Gasteiger partial charge is 0.417 e. The Morgan fingerprint density at radius 2 is 1.30 bits per heavy atom. The Morgan fingerprint density at radius 1 is 0.738 bits per heavy atom. The first-order valence-electron chi connectivity index (χ1n) is 18.7. The molecule has 0 fully saturated rings. The maximum Gasteiger partial charge on any atom is 0.417 e. The molecular formula is C41H48ClF6N9O4. The molecule has 3 aromatic heterocycles. The van der Waals surface area contributed by atoms with Crippen LogP contribution in [0.25, 0.3) is 5.65 Å². The number of carbonyl (C=O) groups is 3. The van der Waals surface area contributed by atoms with Gasteiger partial charge in [-0.3, -0.25) is 24.8 Å². The lowest BCUT2D eigenvalue weighted by Crippen LogP contribution is -2.50. The summed E-state index contributed by atoms with van der Waals surface area (Å²) in [5.41, 5.74) is 9.34. The summed E-state index contributed by atoms with van der Waals surface area (Å²) in [5, 5.41) is 13.3. The van der Waals surface area contributed by atoms with Gasteiger partial charge in [0, 0.05) is 12.4 Å². The zero-order valence-electron chi connectivity index (χ0n) is 33.9. The van der Waals surface area contributed by atoms with E-state index in [0.717, 1.165) is 35.5 Å². The summed E-state index contributed by atoms with van der Waals surface area (Å²) in [7, 11) is 0. The monoisotopic (exact) mass is 879 g/mol. The number of rotatable bonds is 13. The molecule has 0 aliphatic heterocycles. The summed E-state index contributed by atoms with van der Waals surface area (Å²) in [6, 6.07) is 21.5. The maximum atomic E-state index is 13.2. The molecule has 0 unspecified atom stereocenters. The summed E-state index contributed by atoms with van der Waals surface area (Å²) in [5.74, 6) is -0.789. The normalized spacial score (nSPS) is 12.8. The SMILES string of the molecule is CC(C)(C)OC(=O)N[C@@H](CCc1ccccc1)C(=O)NNc1ccc(C(F)(F)F)cn1.CC(C)(N)C(=O)N[C@H](CCc1ccccc1)c1nnc2ccc(C(F)(F)F)cn12.Cl. The number of aryl methyl sites for hydroxylation is 2. The minimum absolute atomic E-state index is 0. The minimum atomic E-state index is -4.51. The van der Waals surface area contributed by atoms with Crippen molar-refractivity contribution < 1.29 is 45.5 Å². The van der Waals surface area contributed by atoms with Gasteiger partial charge < -0.3 is 21.1 Å². The third kappa shape index (κ3) is 15.9. The van der Waals surface area contributed by atoms with Crippen molar-refractivity contribution in [3.63, 3.8) is 0 Å². The summed E-state index contributed by atoms with van der Waals surface area (Å²) in [6.45, 7) is 8.21. The number of anilines is 1. The first-order chi connectivity index (χ1) is 28.0. The predicted molar refractivity (Wildman–Crippen MR) is 218 cm³/mol. The number of hydrogen-bond acceptors (Lipinski definition) is 9. The van der Waals surface area contributed by atoms with Crippen LogP contribution in [0.5, 0.6) is 0 Å². The fourth-order valence-corrected chi connectivity index (χ4v) is 5.40. The van der Waals surface area contributed by atoms with Crippen molar-refractivity contribution in [3.8, 4) is 0 Å². The van der Waals surface area contributed by atoms with Crippen molar-refractivity contribution in [3.05, 3.63) is 125 Å². The highest BCUT2D eigenvalue weighted by Crippen LogP contribution is 2.31. The number of aromatic nitrogens is 4. The van der Waals surface area contributed by atoms with E-state index in [1.165, 1.54) is 10.5 Å². The van der Waals surface area contributed by atoms with Crippen LogP contribution < -0.4 is 27.2 Å². The lowest BCUT2D eigenvalue weighted by atomic mass is 10.0. The van der Waals surface area contributed by atoms with Gasteiger partial charge in [-0.1, -0.05) is 60.7 Å². The molecule has 13 nitrogen and oxygen atoms in total. The fraction of sp³-hybridized carbons (Fsp3) is 0.366. The van der Waals surface area contributed by atoms with Crippen molar-refractivity contribution >= 4 is 41.8 Å². The lowest BCUT2D eigenvalue weighted by molar-refractivity contribution is -0.138. The van der Waals surface area contributed by atoms with Gasteiger partial charge in [-0.25, -0.2) is 9.78 Å². The number of fused-ring (bicyclic) bond motifs is 1. The number of carbonyl (C=O) groups excluding carboxylic acids is 3. The average Bonchev–Trinajstić information content (AvgIpc) is 3.60. The van der Waals surface area contributed by atoms with Crippen LogP contribution in [0, 0.1) is 0 Å². The number of pyridine rings is 2. The van der Waals surface area contributed by atoms with Crippen molar-refractivity contribution in [2.45, 2.75) is 95.9 Å². The molecule has 0 bridgehead atoms. The second-order valence-electron chi connectivity index (χ2n) is 15.2. The van der Waals surface area contributed by atoms with E-state index in [1.54, 1.807) is 34.6 Å². The van der Waals surface area contributed by atoms with Gasteiger partial charge in [0.05, 0.1) is 22.7 Å². The molecule has 3 amide bonds. The first kappa shape index (κ1) is 49.4. The van der Waals surface area contributed by atoms with Crippen molar-refractivity contribution in [1.29, 1.82) is 0 Å². The first-order valence-corrected chi connectivity index (χ1v) is 18.7. The highest BCUT2D eigenvalue weighted by molar-refractivity contribution is 5.86. The molecule has 2 atom stereocenters. The van der Waals surface area contributed by atoms with Gasteiger partial charge >= 0.3 is 18.4 Å². The average molecular weight is 880 g/mol. The molecule has 5 aromatic rings. The van der Waals surface area contributed by atoms with E-state index in [9.17, 15) is 40.7 Å². The zero-order chi connectivity index (χ0) is 44.3. The van der Waals surface area contributed by atoms with E-state index in [2.05, 4.69) is 36.7 Å². The Kier molecular flexibility index (Phi) is 17.0. The molecule has 6 N–H and O–H groups in total. The van der Waals surface area contributed by atoms with E-state index in [0.29, 0.717) is 25.5 Å². The Labute approximate surface area is 354 Å². The molecule has 0 radical (unpaired) electrons. The number of alkyl halides is 6. The standard InChI is InChI=1S/C21H25F3N4O3.C20H22F3N5O.ClH/c1-20(2,3)31-19(30)26-16(11-9-14-7-5-4-6-8-14)18(29)28-27-17-12-10-15(13-25-17)21(22,23)24;1-19(2,24)18(29)25-15(10-8-13-6-4-3-5-7-13)17-27-26-16-11-9-14(12-28(16)17)20(21,22)23;/h4-8,10,12-13,16H,9,11H2,1-3H3,(H,25,27)(H,26,30)(H,28,29);3-7,9,11-12,15H,8,10,24H2,1-2H3,(H,25,29);1H/t16-;15-;/m01./s1. The van der Waals surface area contributed by atoms with Gasteiger partial charge in [0.25, 0.3) is 5.91 Å². The minimum Gasteiger partial charge on any atom is -0.444 e. The molecular weight excluding hydrogens is 832 g/mol. The lowest BCUT2D eigenvalue weighted by Gasteiger charge is -2.23. The number of benzene rings is 2. The third-order valence-corrected chi connectivity index (χ3v) is 8.50. The molecule has 0 spiro atoms. The Morgan fingerprint density at radius 3 is 1.80 bits per heavy atom. The predicted octanol–water partition coefficient (Wildman–Crippen LogP) is 7.77. The van der Waals surface area contributed by atoms with Crippen LogP contribution in [0.15, 0.2) is 97.3 Å².